The van der Waals surface area contributed by atoms with Crippen molar-refractivity contribution in [2.24, 2.45) is 0 Å². The number of hydrogen-bond donors (Lipinski definition) is 0. The first-order valence-electron chi connectivity index (χ1n) is 12.2. The highest BCUT2D eigenvalue weighted by Crippen LogP contribution is 2.37. The van der Waals surface area contributed by atoms with Gasteiger partial charge in [-0.3, -0.25) is 13.9 Å². The van der Waals surface area contributed by atoms with Gasteiger partial charge in [0.1, 0.15) is 0 Å². The lowest BCUT2D eigenvalue weighted by atomic mass is 10.1. The second-order valence-electron chi connectivity index (χ2n) is 8.73. The van der Waals surface area contributed by atoms with Gasteiger partial charge in [-0.25, -0.2) is 26.1 Å². The second kappa shape index (κ2) is 12.2. The number of anilines is 2. The zero-order valence-corrected chi connectivity index (χ0v) is 24.4. The van der Waals surface area contributed by atoms with Gasteiger partial charge in [0.15, 0.2) is 12.5 Å². The van der Waals surface area contributed by atoms with Gasteiger partial charge < -0.3 is 4.74 Å². The van der Waals surface area contributed by atoms with Crippen molar-refractivity contribution < 1.29 is 44.3 Å². The van der Waals surface area contributed by atoms with Crippen LogP contribution in [0.5, 0.6) is 0 Å². The minimum Gasteiger partial charge on any atom is -0.445 e. The predicted octanol–water partition coefficient (Wildman–Crippen LogP) is 5.17. The first-order chi connectivity index (χ1) is 20.2. The number of sulfonamides is 2. The number of halogens is 4. The topological polar surface area (TPSA) is 131 Å². The van der Waals surface area contributed by atoms with E-state index in [0.29, 0.717) is 21.5 Å². The second-order valence-corrected chi connectivity index (χ2v) is 12.9. The molecule has 0 unspecified atom stereocenters. The lowest BCUT2D eigenvalue weighted by molar-refractivity contribution is -0.128. The van der Waals surface area contributed by atoms with Crippen LogP contribution in [0.4, 0.5) is 24.7 Å². The van der Waals surface area contributed by atoms with Crippen LogP contribution >= 0.6 is 11.6 Å². The molecule has 0 aliphatic carbocycles. The number of pyridine rings is 1. The van der Waals surface area contributed by atoms with E-state index in [1.165, 1.54) is 30.3 Å². The number of nitrogens with zero attached hydrogens (tertiary/aromatic N) is 3. The van der Waals surface area contributed by atoms with Gasteiger partial charge in [-0.2, -0.15) is 13.2 Å². The van der Waals surface area contributed by atoms with E-state index in [0.717, 1.165) is 22.6 Å². The summed E-state index contributed by atoms with van der Waals surface area (Å²) in [5.74, 6) is -2.42. The van der Waals surface area contributed by atoms with Gasteiger partial charge in [0.25, 0.3) is 32.3 Å². The maximum Gasteiger partial charge on any atom is 0.454 e. The van der Waals surface area contributed by atoms with Crippen molar-refractivity contribution in [3.8, 4) is 0 Å². The van der Waals surface area contributed by atoms with E-state index in [4.69, 9.17) is 16.3 Å². The lowest BCUT2D eigenvalue weighted by Gasteiger charge is -2.27. The molecule has 43 heavy (non-hydrogen) atoms. The van der Waals surface area contributed by atoms with Gasteiger partial charge in [-0.15, -0.1) is 0 Å². The Balaban J connectivity index is 1.85. The van der Waals surface area contributed by atoms with Gasteiger partial charge in [-0.05, 0) is 55.5 Å². The SMILES string of the molecule is CCN(c1cnc(N(COC=O)S(=O)(=O)c2ccc(C(=O)C(F)(F)F)cc2)c2ccccc12)S(=O)(=O)c1ccc(Cl)cc1. The third-order valence-corrected chi connectivity index (χ3v) is 10.1. The molecule has 0 fully saturated rings. The first-order valence-corrected chi connectivity index (χ1v) is 15.4. The number of carbonyl (C=O) groups excluding carboxylic acids is 2. The molecule has 0 bridgehead atoms. The summed E-state index contributed by atoms with van der Waals surface area (Å²) in [7, 11) is -8.79. The summed E-state index contributed by atoms with van der Waals surface area (Å²) < 4.78 is 99.4. The van der Waals surface area contributed by atoms with E-state index < -0.39 is 49.2 Å². The number of alkyl halides is 3. The van der Waals surface area contributed by atoms with Crippen LogP contribution in [-0.2, 0) is 29.6 Å². The van der Waals surface area contributed by atoms with Crippen LogP contribution in [0.3, 0.4) is 0 Å². The number of fused-ring (bicyclic) bond motifs is 1. The number of rotatable bonds is 11. The first kappa shape index (κ1) is 31.7. The molecule has 16 heteroatoms. The molecule has 0 N–H and O–H groups in total. The molecule has 3 aromatic carbocycles. The molecule has 0 spiro atoms. The Kier molecular flexibility index (Phi) is 8.99. The molecule has 226 valence electrons. The average Bonchev–Trinajstić information content (AvgIpc) is 2.97. The number of aromatic nitrogens is 1. The molecule has 0 radical (unpaired) electrons. The predicted molar refractivity (Wildman–Crippen MR) is 152 cm³/mol. The fourth-order valence-corrected chi connectivity index (χ4v) is 7.09. The Morgan fingerprint density at radius 1 is 0.884 bits per heavy atom. The smallest absolute Gasteiger partial charge is 0.445 e. The summed E-state index contributed by atoms with van der Waals surface area (Å²) in [5, 5.41) is 0.745. The molecule has 0 amide bonds. The Labute approximate surface area is 249 Å². The summed E-state index contributed by atoms with van der Waals surface area (Å²) >= 11 is 5.91. The van der Waals surface area contributed by atoms with Crippen molar-refractivity contribution in [1.82, 2.24) is 4.98 Å². The molecule has 0 aliphatic rings. The van der Waals surface area contributed by atoms with E-state index in [1.54, 1.807) is 25.1 Å². The van der Waals surface area contributed by atoms with Crippen molar-refractivity contribution in [1.29, 1.82) is 0 Å². The summed E-state index contributed by atoms with van der Waals surface area (Å²) in [6.45, 7) is 0.668. The molecule has 0 saturated carbocycles. The normalized spacial score (nSPS) is 12.1. The van der Waals surface area contributed by atoms with Crippen molar-refractivity contribution in [3.63, 3.8) is 0 Å². The quantitative estimate of drug-likeness (QED) is 0.123. The molecular weight excluding hydrogens is 635 g/mol. The maximum absolute atomic E-state index is 13.7. The monoisotopic (exact) mass is 655 g/mol. The summed E-state index contributed by atoms with van der Waals surface area (Å²) in [4.78, 5) is 26.2. The number of benzene rings is 3. The van der Waals surface area contributed by atoms with Gasteiger partial charge in [0.05, 0.1) is 21.7 Å². The van der Waals surface area contributed by atoms with Crippen LogP contribution in [0.2, 0.25) is 5.02 Å². The summed E-state index contributed by atoms with van der Waals surface area (Å²) in [5.41, 5.74) is -0.669. The number of ketones is 1. The van der Waals surface area contributed by atoms with Crippen LogP contribution in [0, 0.1) is 0 Å². The van der Waals surface area contributed by atoms with Crippen LogP contribution in [0.15, 0.2) is 88.8 Å². The highest BCUT2D eigenvalue weighted by molar-refractivity contribution is 7.93. The zero-order chi connectivity index (χ0) is 31.6. The van der Waals surface area contributed by atoms with Crippen LogP contribution in [-0.4, -0.2) is 53.5 Å². The Morgan fingerprint density at radius 2 is 1.42 bits per heavy atom. The van der Waals surface area contributed by atoms with Gasteiger partial charge in [0, 0.05) is 27.9 Å². The Bertz CT molecular complexity index is 1890. The van der Waals surface area contributed by atoms with E-state index in [2.05, 4.69) is 4.98 Å². The van der Waals surface area contributed by atoms with Crippen molar-refractivity contribution in [2.75, 3.05) is 21.9 Å². The van der Waals surface area contributed by atoms with Crippen molar-refractivity contribution in [2.45, 2.75) is 22.9 Å². The maximum atomic E-state index is 13.7. The summed E-state index contributed by atoms with van der Waals surface area (Å²) in [6.07, 6.45) is -4.02. The molecule has 4 aromatic rings. The minimum atomic E-state index is -5.16. The molecular formula is C27H21ClF3N3O7S2. The van der Waals surface area contributed by atoms with Gasteiger partial charge >= 0.3 is 6.18 Å². The molecule has 4 rings (SSSR count). The van der Waals surface area contributed by atoms with E-state index in [9.17, 15) is 39.6 Å². The van der Waals surface area contributed by atoms with Crippen LogP contribution < -0.4 is 8.61 Å². The zero-order valence-electron chi connectivity index (χ0n) is 22.0. The van der Waals surface area contributed by atoms with Gasteiger partial charge in [-0.1, -0.05) is 35.9 Å². The third kappa shape index (κ3) is 6.28. The lowest BCUT2D eigenvalue weighted by Crippen LogP contribution is -2.35. The summed E-state index contributed by atoms with van der Waals surface area (Å²) in [6, 6.07) is 14.7. The standard InChI is InChI=1S/C27H21ClF3N3O7S2/c1-2-33(42(37,38)21-13-9-19(28)10-14-21)24-15-32-26(23-6-4-3-5-22(23)24)34(16-41-17-35)43(39,40)20-11-7-18(8-12-20)25(36)27(29,30)31/h3-15,17H,2,16H2,1H3. The van der Waals surface area contributed by atoms with E-state index in [-0.39, 0.29) is 40.2 Å². The Morgan fingerprint density at radius 3 is 1.95 bits per heavy atom. The molecule has 0 aliphatic heterocycles. The van der Waals surface area contributed by atoms with Crippen LogP contribution in [0.1, 0.15) is 17.3 Å². The van der Waals surface area contributed by atoms with Gasteiger partial charge in [0.2, 0.25) is 0 Å². The number of carbonyl (C=O) groups is 2. The van der Waals surface area contributed by atoms with Crippen molar-refractivity contribution in [3.05, 3.63) is 89.6 Å². The van der Waals surface area contributed by atoms with E-state index in [1.807, 2.05) is 0 Å². The largest absolute Gasteiger partial charge is 0.454 e. The molecule has 0 saturated heterocycles. The number of hydrogen-bond acceptors (Lipinski definition) is 8. The number of ether oxygens (including phenoxy) is 1. The molecule has 10 nitrogen and oxygen atoms in total. The highest BCUT2D eigenvalue weighted by atomic mass is 35.5. The van der Waals surface area contributed by atoms with E-state index >= 15 is 0 Å². The average molecular weight is 656 g/mol. The molecule has 1 heterocycles. The molecule has 1 aromatic heterocycles. The molecule has 0 atom stereocenters. The minimum absolute atomic E-state index is 0.0122. The number of Topliss-reactive ketones (excluding diaryl/α,β-unsaturated/α-hetero) is 1. The third-order valence-electron chi connectivity index (χ3n) is 6.17. The highest BCUT2D eigenvalue weighted by Gasteiger charge is 2.39. The Hall–Kier alpha value is -4.21. The fraction of sp³-hybridized carbons (Fsp3) is 0.148. The van der Waals surface area contributed by atoms with Crippen LogP contribution in [0.25, 0.3) is 10.8 Å². The fourth-order valence-electron chi connectivity index (χ4n) is 4.18. The van der Waals surface area contributed by atoms with Crippen molar-refractivity contribution >= 4 is 66.2 Å².